The Kier molecular flexibility index (Phi) is 4.24. The van der Waals surface area contributed by atoms with Gasteiger partial charge in [-0.05, 0) is 0 Å². The fraction of sp³-hybridized carbons (Fsp3) is 0.667. The lowest BCUT2D eigenvalue weighted by Gasteiger charge is -2.36. The van der Waals surface area contributed by atoms with Crippen LogP contribution in [0.4, 0.5) is 4.79 Å². The van der Waals surface area contributed by atoms with Gasteiger partial charge in [0.1, 0.15) is 0 Å². The van der Waals surface area contributed by atoms with Crippen molar-refractivity contribution < 1.29 is 19.5 Å². The van der Waals surface area contributed by atoms with Crippen LogP contribution in [0.25, 0.3) is 0 Å². The number of urea groups is 1. The molecule has 0 spiro atoms. The van der Waals surface area contributed by atoms with Crippen LogP contribution in [0, 0.1) is 5.92 Å². The first kappa shape index (κ1) is 12.4. The molecule has 1 rings (SSSR count). The Bertz CT molecular complexity index is 299. The van der Waals surface area contributed by atoms with Gasteiger partial charge in [0.15, 0.2) is 0 Å². The smallest absolute Gasteiger partial charge is 0.321 e. The minimum absolute atomic E-state index is 0.194. The quantitative estimate of drug-likeness (QED) is 0.565. The molecule has 0 aromatic heterocycles. The van der Waals surface area contributed by atoms with Crippen LogP contribution in [0.15, 0.2) is 0 Å². The van der Waals surface area contributed by atoms with Crippen LogP contribution >= 0.6 is 0 Å². The molecule has 0 aromatic rings. The lowest BCUT2D eigenvalue weighted by Crippen LogP contribution is -2.51. The molecule has 1 aliphatic heterocycles. The molecule has 1 heterocycles. The summed E-state index contributed by atoms with van der Waals surface area (Å²) in [5.41, 5.74) is 0. The lowest BCUT2D eigenvalue weighted by molar-refractivity contribution is -0.147. The Morgan fingerprint density at radius 3 is 2.50 bits per heavy atom. The van der Waals surface area contributed by atoms with Crippen LogP contribution in [0.3, 0.4) is 0 Å². The number of hydrogen-bond acceptors (Lipinski definition) is 4. The van der Waals surface area contributed by atoms with Crippen LogP contribution in [-0.4, -0.2) is 54.6 Å². The first-order chi connectivity index (χ1) is 7.52. The zero-order valence-electron chi connectivity index (χ0n) is 9.02. The van der Waals surface area contributed by atoms with Crippen molar-refractivity contribution in [2.45, 2.75) is 6.42 Å². The highest BCUT2D eigenvalue weighted by Crippen LogP contribution is 2.15. The Balaban J connectivity index is 2.10. The minimum atomic E-state index is -0.800. The Morgan fingerprint density at radius 2 is 2.00 bits per heavy atom. The summed E-state index contributed by atoms with van der Waals surface area (Å²) >= 11 is 0. The molecule has 3 amide bonds. The van der Waals surface area contributed by atoms with Crippen molar-refractivity contribution in [3.8, 4) is 0 Å². The number of carboxylic acids is 1. The van der Waals surface area contributed by atoms with E-state index >= 15 is 0 Å². The van der Waals surface area contributed by atoms with E-state index in [2.05, 4.69) is 10.6 Å². The number of aliphatic carboxylic acids is 1. The number of rotatable bonds is 4. The zero-order chi connectivity index (χ0) is 12.1. The minimum Gasteiger partial charge on any atom is -0.481 e. The van der Waals surface area contributed by atoms with E-state index in [1.165, 1.54) is 7.05 Å². The number of imide groups is 1. The molecule has 0 saturated carbocycles. The maximum absolute atomic E-state index is 11.2. The van der Waals surface area contributed by atoms with Gasteiger partial charge in [0.05, 0.1) is 5.92 Å². The molecule has 90 valence electrons. The van der Waals surface area contributed by atoms with Gasteiger partial charge < -0.3 is 15.3 Å². The Hall–Kier alpha value is -1.63. The second-order valence-electron chi connectivity index (χ2n) is 3.67. The van der Waals surface area contributed by atoms with Gasteiger partial charge in [0, 0.05) is 33.1 Å². The molecular formula is C9H15N3O4. The van der Waals surface area contributed by atoms with Crippen molar-refractivity contribution in [2.24, 2.45) is 5.92 Å². The fourth-order valence-corrected chi connectivity index (χ4v) is 1.42. The van der Waals surface area contributed by atoms with Crippen molar-refractivity contribution in [1.82, 2.24) is 15.5 Å². The van der Waals surface area contributed by atoms with Gasteiger partial charge >= 0.3 is 12.0 Å². The van der Waals surface area contributed by atoms with Crippen LogP contribution in [-0.2, 0) is 9.59 Å². The largest absolute Gasteiger partial charge is 0.481 e. The van der Waals surface area contributed by atoms with Gasteiger partial charge in [-0.25, -0.2) is 4.79 Å². The summed E-state index contributed by atoms with van der Waals surface area (Å²) in [6, 6.07) is -0.531. The highest BCUT2D eigenvalue weighted by Gasteiger charge is 2.32. The fourth-order valence-electron chi connectivity index (χ4n) is 1.42. The lowest BCUT2D eigenvalue weighted by atomic mass is 10.0. The molecule has 3 N–H and O–H groups in total. The van der Waals surface area contributed by atoms with Crippen molar-refractivity contribution in [3.63, 3.8) is 0 Å². The Morgan fingerprint density at radius 1 is 1.38 bits per heavy atom. The van der Waals surface area contributed by atoms with Gasteiger partial charge in [-0.15, -0.1) is 0 Å². The summed E-state index contributed by atoms with van der Waals surface area (Å²) in [7, 11) is 1.43. The summed E-state index contributed by atoms with van der Waals surface area (Å²) in [5, 5.41) is 13.0. The predicted molar refractivity (Wildman–Crippen MR) is 54.8 cm³/mol. The standard InChI is InChI=1S/C9H15N3O4/c1-10-9(16)11-7(13)2-3-12-4-6(5-12)8(14)15/h6H,2-5H2,1H3,(H,14,15)(H2,10,11,13,16). The maximum atomic E-state index is 11.2. The molecule has 0 unspecified atom stereocenters. The van der Waals surface area contributed by atoms with Gasteiger partial charge in [-0.1, -0.05) is 0 Å². The number of carboxylic acid groups (broad SMARTS) is 1. The molecule has 1 fully saturated rings. The topological polar surface area (TPSA) is 98.7 Å². The zero-order valence-corrected chi connectivity index (χ0v) is 9.02. The van der Waals surface area contributed by atoms with Gasteiger partial charge in [0.2, 0.25) is 5.91 Å². The van der Waals surface area contributed by atoms with Crippen molar-refractivity contribution in [2.75, 3.05) is 26.7 Å². The van der Waals surface area contributed by atoms with Gasteiger partial charge in [-0.2, -0.15) is 0 Å². The van der Waals surface area contributed by atoms with Crippen molar-refractivity contribution in [3.05, 3.63) is 0 Å². The third kappa shape index (κ3) is 3.50. The van der Waals surface area contributed by atoms with E-state index in [0.717, 1.165) is 0 Å². The number of amides is 3. The number of nitrogens with one attached hydrogen (secondary N) is 2. The van der Waals surface area contributed by atoms with E-state index in [0.29, 0.717) is 19.6 Å². The summed E-state index contributed by atoms with van der Waals surface area (Å²) in [4.78, 5) is 34.3. The third-order valence-electron chi connectivity index (χ3n) is 2.44. The molecule has 0 atom stereocenters. The van der Waals surface area contributed by atoms with Gasteiger partial charge in [-0.3, -0.25) is 14.9 Å². The van der Waals surface area contributed by atoms with E-state index in [1.54, 1.807) is 0 Å². The van der Waals surface area contributed by atoms with E-state index in [-0.39, 0.29) is 18.2 Å². The number of hydrogen-bond donors (Lipinski definition) is 3. The summed E-state index contributed by atoms with van der Waals surface area (Å²) in [6.07, 6.45) is 0.194. The Labute approximate surface area is 92.8 Å². The molecule has 0 aromatic carbocycles. The SMILES string of the molecule is CNC(=O)NC(=O)CCN1CC(C(=O)O)C1. The highest BCUT2D eigenvalue weighted by molar-refractivity contribution is 5.94. The van der Waals surface area contributed by atoms with E-state index in [1.807, 2.05) is 4.90 Å². The molecule has 0 aliphatic carbocycles. The molecule has 7 nitrogen and oxygen atoms in total. The average molecular weight is 229 g/mol. The number of nitrogens with zero attached hydrogens (tertiary/aromatic N) is 1. The monoisotopic (exact) mass is 229 g/mol. The van der Waals surface area contributed by atoms with Crippen molar-refractivity contribution >= 4 is 17.9 Å². The maximum Gasteiger partial charge on any atom is 0.321 e. The normalized spacial score (nSPS) is 16.3. The van der Waals surface area contributed by atoms with Crippen LogP contribution in [0.2, 0.25) is 0 Å². The highest BCUT2D eigenvalue weighted by atomic mass is 16.4. The predicted octanol–water partition coefficient (Wildman–Crippen LogP) is -1.15. The number of likely N-dealkylation sites (tertiary alicyclic amines) is 1. The van der Waals surface area contributed by atoms with Gasteiger partial charge in [0.25, 0.3) is 0 Å². The average Bonchev–Trinajstić information content (AvgIpc) is 2.14. The second kappa shape index (κ2) is 5.45. The number of carbonyl (C=O) groups excluding carboxylic acids is 2. The summed E-state index contributed by atoms with van der Waals surface area (Å²) in [6.45, 7) is 1.43. The molecule has 0 bridgehead atoms. The molecule has 1 aliphatic rings. The van der Waals surface area contributed by atoms with E-state index in [9.17, 15) is 14.4 Å². The molecule has 1 saturated heterocycles. The first-order valence-corrected chi connectivity index (χ1v) is 4.99. The second-order valence-corrected chi connectivity index (χ2v) is 3.67. The molecule has 7 heteroatoms. The first-order valence-electron chi connectivity index (χ1n) is 4.99. The van der Waals surface area contributed by atoms with E-state index in [4.69, 9.17) is 5.11 Å². The van der Waals surface area contributed by atoms with Crippen LogP contribution < -0.4 is 10.6 Å². The van der Waals surface area contributed by atoms with Crippen LogP contribution in [0.5, 0.6) is 0 Å². The molecular weight excluding hydrogens is 214 g/mol. The van der Waals surface area contributed by atoms with E-state index < -0.39 is 12.0 Å². The third-order valence-corrected chi connectivity index (χ3v) is 2.44. The summed E-state index contributed by atoms with van der Waals surface area (Å²) in [5.74, 6) is -1.48. The van der Waals surface area contributed by atoms with Crippen LogP contribution in [0.1, 0.15) is 6.42 Å². The number of carbonyl (C=O) groups is 3. The van der Waals surface area contributed by atoms with Crippen molar-refractivity contribution in [1.29, 1.82) is 0 Å². The summed E-state index contributed by atoms with van der Waals surface area (Å²) < 4.78 is 0. The molecule has 0 radical (unpaired) electrons. The molecule has 16 heavy (non-hydrogen) atoms.